The SMILES string of the molecule is C/C(=N/Nc1cccc([N+](=O)[O-])c1)c1ccc(OCC(=O)N(C)C)cc1. The molecule has 0 spiro atoms. The predicted octanol–water partition coefficient (Wildman–Crippen LogP) is 2.90. The highest BCUT2D eigenvalue weighted by molar-refractivity contribution is 5.99. The highest BCUT2D eigenvalue weighted by atomic mass is 16.6. The van der Waals surface area contributed by atoms with Gasteiger partial charge in [0, 0.05) is 26.2 Å². The molecule has 1 N–H and O–H groups in total. The van der Waals surface area contributed by atoms with Gasteiger partial charge in [-0.2, -0.15) is 5.10 Å². The number of nitro benzene ring substituents is 1. The highest BCUT2D eigenvalue weighted by Gasteiger charge is 2.06. The summed E-state index contributed by atoms with van der Waals surface area (Å²) in [6, 6.07) is 13.3. The van der Waals surface area contributed by atoms with Gasteiger partial charge in [0.05, 0.1) is 16.3 Å². The number of nitrogens with one attached hydrogen (secondary N) is 1. The number of carbonyl (C=O) groups excluding carboxylic acids is 1. The maximum atomic E-state index is 11.5. The molecule has 0 aliphatic rings. The van der Waals surface area contributed by atoms with E-state index in [2.05, 4.69) is 10.5 Å². The normalized spacial score (nSPS) is 11.0. The first-order valence-corrected chi connectivity index (χ1v) is 7.85. The van der Waals surface area contributed by atoms with Crippen LogP contribution < -0.4 is 10.2 Å². The van der Waals surface area contributed by atoms with E-state index in [0.717, 1.165) is 5.56 Å². The minimum absolute atomic E-state index is 0.00312. The largest absolute Gasteiger partial charge is 0.484 e. The van der Waals surface area contributed by atoms with Crippen LogP contribution in [0.25, 0.3) is 0 Å². The average Bonchev–Trinajstić information content (AvgIpc) is 2.64. The van der Waals surface area contributed by atoms with Gasteiger partial charge < -0.3 is 9.64 Å². The molecule has 0 heterocycles. The van der Waals surface area contributed by atoms with Gasteiger partial charge in [-0.3, -0.25) is 20.3 Å². The van der Waals surface area contributed by atoms with E-state index in [1.54, 1.807) is 38.4 Å². The minimum atomic E-state index is -0.457. The van der Waals surface area contributed by atoms with Gasteiger partial charge in [-0.25, -0.2) is 0 Å². The van der Waals surface area contributed by atoms with Gasteiger partial charge in [0.1, 0.15) is 5.75 Å². The van der Waals surface area contributed by atoms with E-state index < -0.39 is 4.92 Å². The Bertz CT molecular complexity index is 816. The van der Waals surface area contributed by atoms with Gasteiger partial charge in [0.15, 0.2) is 6.61 Å². The predicted molar refractivity (Wildman–Crippen MR) is 99.6 cm³/mol. The summed E-state index contributed by atoms with van der Waals surface area (Å²) in [5.41, 5.74) is 4.89. The van der Waals surface area contributed by atoms with Gasteiger partial charge in [0.2, 0.25) is 0 Å². The first-order chi connectivity index (χ1) is 12.4. The van der Waals surface area contributed by atoms with Crippen molar-refractivity contribution in [2.24, 2.45) is 5.10 Å². The number of hydrogen-bond acceptors (Lipinski definition) is 6. The van der Waals surface area contributed by atoms with Crippen LogP contribution in [0.2, 0.25) is 0 Å². The molecule has 0 saturated heterocycles. The number of likely N-dealkylation sites (N-methyl/N-ethyl adjacent to an activating group) is 1. The molecular formula is C18H20N4O4. The van der Waals surface area contributed by atoms with Gasteiger partial charge in [-0.15, -0.1) is 0 Å². The van der Waals surface area contributed by atoms with Crippen LogP contribution in [0.1, 0.15) is 12.5 Å². The molecule has 0 aliphatic heterocycles. The maximum Gasteiger partial charge on any atom is 0.271 e. The fourth-order valence-corrected chi connectivity index (χ4v) is 1.97. The number of ether oxygens (including phenoxy) is 1. The Morgan fingerprint density at radius 2 is 1.92 bits per heavy atom. The summed E-state index contributed by atoms with van der Waals surface area (Å²) in [5, 5.41) is 15.0. The van der Waals surface area contributed by atoms with Crippen LogP contribution in [0.4, 0.5) is 11.4 Å². The lowest BCUT2D eigenvalue weighted by Gasteiger charge is -2.11. The summed E-state index contributed by atoms with van der Waals surface area (Å²) in [6.45, 7) is 1.80. The van der Waals surface area contributed by atoms with E-state index in [1.807, 2.05) is 19.1 Å². The fraction of sp³-hybridized carbons (Fsp3) is 0.222. The fourth-order valence-electron chi connectivity index (χ4n) is 1.97. The van der Waals surface area contributed by atoms with Crippen LogP contribution in [-0.4, -0.2) is 42.1 Å². The standard InChI is InChI=1S/C18H20N4O4/c1-13(19-20-15-5-4-6-16(11-15)22(24)25)14-7-9-17(10-8-14)26-12-18(23)21(2)3/h4-11,20H,12H2,1-3H3/b19-13-. The molecule has 2 aromatic carbocycles. The number of nitro groups is 1. The third-order valence-corrected chi connectivity index (χ3v) is 3.54. The summed E-state index contributed by atoms with van der Waals surface area (Å²) in [7, 11) is 3.34. The van der Waals surface area contributed by atoms with E-state index in [1.165, 1.54) is 17.0 Å². The average molecular weight is 356 g/mol. The van der Waals surface area contributed by atoms with Crippen LogP contribution in [0.5, 0.6) is 5.75 Å². The number of benzene rings is 2. The summed E-state index contributed by atoms with van der Waals surface area (Å²) in [4.78, 5) is 23.3. The van der Waals surface area contributed by atoms with E-state index >= 15 is 0 Å². The molecule has 0 bridgehead atoms. The lowest BCUT2D eigenvalue weighted by atomic mass is 10.1. The van der Waals surface area contributed by atoms with Gasteiger partial charge in [-0.1, -0.05) is 6.07 Å². The second kappa shape index (κ2) is 8.61. The minimum Gasteiger partial charge on any atom is -0.484 e. The van der Waals surface area contributed by atoms with Crippen molar-refractivity contribution in [2.75, 3.05) is 26.1 Å². The second-order valence-electron chi connectivity index (χ2n) is 5.72. The monoisotopic (exact) mass is 356 g/mol. The number of non-ortho nitro benzene ring substituents is 1. The van der Waals surface area contributed by atoms with Gasteiger partial charge >= 0.3 is 0 Å². The number of carbonyl (C=O) groups is 1. The molecule has 2 aromatic rings. The Hall–Kier alpha value is -3.42. The summed E-state index contributed by atoms with van der Waals surface area (Å²) >= 11 is 0. The molecule has 0 aromatic heterocycles. The van der Waals surface area contributed by atoms with Crippen molar-refractivity contribution in [3.05, 3.63) is 64.2 Å². The smallest absolute Gasteiger partial charge is 0.271 e. The maximum absolute atomic E-state index is 11.5. The van der Waals surface area contributed by atoms with Gasteiger partial charge in [-0.05, 0) is 42.8 Å². The first-order valence-electron chi connectivity index (χ1n) is 7.85. The number of amides is 1. The zero-order valence-electron chi connectivity index (χ0n) is 14.8. The molecule has 2 rings (SSSR count). The molecule has 0 atom stereocenters. The highest BCUT2D eigenvalue weighted by Crippen LogP contribution is 2.17. The van der Waals surface area contributed by atoms with Crippen molar-refractivity contribution >= 4 is 23.0 Å². The Balaban J connectivity index is 1.99. The molecule has 8 nitrogen and oxygen atoms in total. The molecule has 0 unspecified atom stereocenters. The molecule has 0 saturated carbocycles. The molecule has 136 valence electrons. The number of hydrogen-bond donors (Lipinski definition) is 1. The third kappa shape index (κ3) is 5.30. The van der Waals surface area contributed by atoms with Crippen molar-refractivity contribution in [1.82, 2.24) is 4.90 Å². The van der Waals surface area contributed by atoms with E-state index in [-0.39, 0.29) is 18.2 Å². The van der Waals surface area contributed by atoms with E-state index in [4.69, 9.17) is 4.74 Å². The summed E-state index contributed by atoms with van der Waals surface area (Å²) < 4.78 is 5.42. The van der Waals surface area contributed by atoms with E-state index in [0.29, 0.717) is 17.1 Å². The topological polar surface area (TPSA) is 97.1 Å². The quantitative estimate of drug-likeness (QED) is 0.467. The molecule has 1 amide bonds. The zero-order valence-corrected chi connectivity index (χ0v) is 14.8. The molecule has 0 radical (unpaired) electrons. The van der Waals surface area contributed by atoms with Crippen molar-refractivity contribution < 1.29 is 14.5 Å². The number of hydrazone groups is 1. The Morgan fingerprint density at radius 3 is 2.54 bits per heavy atom. The van der Waals surface area contributed by atoms with Crippen molar-refractivity contribution in [3.8, 4) is 5.75 Å². The summed E-state index contributed by atoms with van der Waals surface area (Å²) in [5.74, 6) is 0.469. The lowest BCUT2D eigenvalue weighted by molar-refractivity contribution is -0.384. The number of rotatable bonds is 7. The van der Waals surface area contributed by atoms with Crippen molar-refractivity contribution in [2.45, 2.75) is 6.92 Å². The Kier molecular flexibility index (Phi) is 6.26. The molecule has 26 heavy (non-hydrogen) atoms. The Labute approximate surface area is 151 Å². The van der Waals surface area contributed by atoms with Crippen LogP contribution in [0, 0.1) is 10.1 Å². The van der Waals surface area contributed by atoms with Crippen LogP contribution in [0.3, 0.4) is 0 Å². The molecule has 8 heteroatoms. The third-order valence-electron chi connectivity index (χ3n) is 3.54. The van der Waals surface area contributed by atoms with Crippen molar-refractivity contribution in [3.63, 3.8) is 0 Å². The van der Waals surface area contributed by atoms with Crippen molar-refractivity contribution in [1.29, 1.82) is 0 Å². The number of anilines is 1. The van der Waals surface area contributed by atoms with E-state index in [9.17, 15) is 14.9 Å². The summed E-state index contributed by atoms with van der Waals surface area (Å²) in [6.07, 6.45) is 0. The molecule has 0 fully saturated rings. The first kappa shape index (κ1) is 18.9. The number of nitrogens with zero attached hydrogens (tertiary/aromatic N) is 3. The van der Waals surface area contributed by atoms with Crippen LogP contribution in [0.15, 0.2) is 53.6 Å². The van der Waals surface area contributed by atoms with Crippen LogP contribution in [-0.2, 0) is 4.79 Å². The Morgan fingerprint density at radius 1 is 1.23 bits per heavy atom. The second-order valence-corrected chi connectivity index (χ2v) is 5.72. The van der Waals surface area contributed by atoms with Gasteiger partial charge in [0.25, 0.3) is 11.6 Å². The zero-order chi connectivity index (χ0) is 19.1. The molecular weight excluding hydrogens is 336 g/mol. The van der Waals surface area contributed by atoms with Crippen LogP contribution >= 0.6 is 0 Å². The lowest BCUT2D eigenvalue weighted by Crippen LogP contribution is -2.27. The molecule has 0 aliphatic carbocycles.